The van der Waals surface area contributed by atoms with E-state index < -0.39 is 11.9 Å². The summed E-state index contributed by atoms with van der Waals surface area (Å²) >= 11 is 0. The molecule has 6 nitrogen and oxygen atoms in total. The molecular weight excluding hydrogens is 264 g/mol. The molecule has 0 saturated carbocycles. The van der Waals surface area contributed by atoms with Crippen LogP contribution >= 0.6 is 0 Å². The molecule has 1 aromatic carbocycles. The Labute approximate surface area is 117 Å². The zero-order valence-corrected chi connectivity index (χ0v) is 11.3. The van der Waals surface area contributed by atoms with Gasteiger partial charge in [-0.1, -0.05) is 13.0 Å². The van der Waals surface area contributed by atoms with E-state index >= 15 is 0 Å². The van der Waals surface area contributed by atoms with E-state index in [1.807, 2.05) is 6.08 Å². The molecule has 112 valence electrons. The van der Waals surface area contributed by atoms with Crippen LogP contribution in [0.4, 0.5) is 0 Å². The summed E-state index contributed by atoms with van der Waals surface area (Å²) in [4.78, 5) is 20.7. The highest BCUT2D eigenvalue weighted by atomic mass is 16.4. The Morgan fingerprint density at radius 3 is 1.35 bits per heavy atom. The number of aliphatic hydroxyl groups excluding tert-OH is 2. The molecule has 1 aromatic rings. The summed E-state index contributed by atoms with van der Waals surface area (Å²) in [6.45, 7) is 5.29. The lowest BCUT2D eigenvalue weighted by Crippen LogP contribution is -1.99. The van der Waals surface area contributed by atoms with E-state index in [0.29, 0.717) is 0 Å². The number of allylic oxidation sites excluding steroid dienone is 1. The topological polar surface area (TPSA) is 115 Å². The fourth-order valence-electron chi connectivity index (χ4n) is 0.755. The lowest BCUT2D eigenvalue weighted by molar-refractivity contribution is 0.0681. The average molecular weight is 284 g/mol. The van der Waals surface area contributed by atoms with Gasteiger partial charge in [-0.3, -0.25) is 0 Å². The molecule has 0 spiro atoms. The van der Waals surface area contributed by atoms with Gasteiger partial charge in [0.1, 0.15) is 0 Å². The SMILES string of the molecule is C=CCC.O=C(O)c1ccc(C(=O)O)cc1.OCCO. The summed E-state index contributed by atoms with van der Waals surface area (Å²) < 4.78 is 0. The Hall–Kier alpha value is -2.18. The van der Waals surface area contributed by atoms with Crippen LogP contribution in [0, 0.1) is 0 Å². The van der Waals surface area contributed by atoms with Gasteiger partial charge in [0.15, 0.2) is 0 Å². The Bertz CT molecular complexity index is 362. The summed E-state index contributed by atoms with van der Waals surface area (Å²) in [5.74, 6) is -2.13. The van der Waals surface area contributed by atoms with Gasteiger partial charge in [0.05, 0.1) is 24.3 Å². The van der Waals surface area contributed by atoms with Crippen molar-refractivity contribution < 1.29 is 30.0 Å². The molecule has 0 radical (unpaired) electrons. The minimum Gasteiger partial charge on any atom is -0.478 e. The second-order valence-electron chi connectivity index (χ2n) is 3.33. The summed E-state index contributed by atoms with van der Waals surface area (Å²) in [7, 11) is 0. The van der Waals surface area contributed by atoms with Crippen LogP contribution in [0.1, 0.15) is 34.1 Å². The van der Waals surface area contributed by atoms with E-state index in [2.05, 4.69) is 13.5 Å². The standard InChI is InChI=1S/C8H6O4.C4H8.C2H6O2/c9-7(10)5-1-2-6(4-3-5)8(11)12;1-3-4-2;3-1-2-4/h1-4H,(H,9,10)(H,11,12);3H,1,4H2,2H3;3-4H,1-2H2. The van der Waals surface area contributed by atoms with Gasteiger partial charge >= 0.3 is 11.9 Å². The molecule has 0 bridgehead atoms. The van der Waals surface area contributed by atoms with Gasteiger partial charge < -0.3 is 20.4 Å². The maximum Gasteiger partial charge on any atom is 0.335 e. The molecule has 0 fully saturated rings. The van der Waals surface area contributed by atoms with Crippen molar-refractivity contribution in [3.63, 3.8) is 0 Å². The molecular formula is C14H20O6. The van der Waals surface area contributed by atoms with Crippen molar-refractivity contribution in [2.75, 3.05) is 13.2 Å². The molecule has 0 unspecified atom stereocenters. The molecule has 0 aliphatic rings. The van der Waals surface area contributed by atoms with Crippen LogP contribution in [0.2, 0.25) is 0 Å². The monoisotopic (exact) mass is 284 g/mol. The van der Waals surface area contributed by atoms with Crippen LogP contribution in [0.15, 0.2) is 36.9 Å². The van der Waals surface area contributed by atoms with Gasteiger partial charge in [0.2, 0.25) is 0 Å². The van der Waals surface area contributed by atoms with Crippen LogP contribution in [0.5, 0.6) is 0 Å². The van der Waals surface area contributed by atoms with E-state index in [9.17, 15) is 9.59 Å². The number of benzene rings is 1. The maximum absolute atomic E-state index is 10.3. The number of rotatable bonds is 4. The second-order valence-corrected chi connectivity index (χ2v) is 3.33. The van der Waals surface area contributed by atoms with Crippen molar-refractivity contribution in [1.29, 1.82) is 0 Å². The van der Waals surface area contributed by atoms with Gasteiger partial charge in [-0.2, -0.15) is 0 Å². The zero-order chi connectivity index (χ0) is 16.0. The number of carbonyl (C=O) groups is 2. The van der Waals surface area contributed by atoms with E-state index in [4.69, 9.17) is 20.4 Å². The number of carboxylic acids is 2. The smallest absolute Gasteiger partial charge is 0.335 e. The molecule has 0 atom stereocenters. The minimum atomic E-state index is -1.06. The molecule has 0 amide bonds. The third-order valence-corrected chi connectivity index (χ3v) is 1.77. The van der Waals surface area contributed by atoms with Crippen LogP contribution < -0.4 is 0 Å². The van der Waals surface area contributed by atoms with E-state index in [1.54, 1.807) is 0 Å². The molecule has 0 aliphatic heterocycles. The van der Waals surface area contributed by atoms with Crippen molar-refractivity contribution in [3.05, 3.63) is 48.0 Å². The van der Waals surface area contributed by atoms with Gasteiger partial charge in [-0.05, 0) is 30.7 Å². The third kappa shape index (κ3) is 10.9. The number of aromatic carboxylic acids is 2. The molecule has 20 heavy (non-hydrogen) atoms. The van der Waals surface area contributed by atoms with Gasteiger partial charge in [-0.15, -0.1) is 6.58 Å². The molecule has 4 N–H and O–H groups in total. The van der Waals surface area contributed by atoms with Crippen molar-refractivity contribution in [2.24, 2.45) is 0 Å². The van der Waals surface area contributed by atoms with E-state index in [1.165, 1.54) is 24.3 Å². The number of aliphatic hydroxyl groups is 2. The largest absolute Gasteiger partial charge is 0.478 e. The highest BCUT2D eigenvalue weighted by Crippen LogP contribution is 2.03. The van der Waals surface area contributed by atoms with Crippen LogP contribution in [0.3, 0.4) is 0 Å². The zero-order valence-electron chi connectivity index (χ0n) is 11.3. The lowest BCUT2D eigenvalue weighted by Gasteiger charge is -1.94. The Balaban J connectivity index is 0. The Morgan fingerprint density at radius 2 is 1.25 bits per heavy atom. The summed E-state index contributed by atoms with van der Waals surface area (Å²) in [6, 6.07) is 5.02. The third-order valence-electron chi connectivity index (χ3n) is 1.77. The first-order chi connectivity index (χ1) is 9.44. The lowest BCUT2D eigenvalue weighted by atomic mass is 10.1. The number of carboxylic acid groups (broad SMARTS) is 2. The maximum atomic E-state index is 10.3. The van der Waals surface area contributed by atoms with E-state index in [-0.39, 0.29) is 24.3 Å². The minimum absolute atomic E-state index is 0.0833. The fraction of sp³-hybridized carbons (Fsp3) is 0.286. The molecule has 0 heterocycles. The first-order valence-corrected chi connectivity index (χ1v) is 5.83. The first kappa shape index (κ1) is 20.1. The Kier molecular flexibility index (Phi) is 13.4. The van der Waals surface area contributed by atoms with Crippen LogP contribution in [0.25, 0.3) is 0 Å². The predicted molar refractivity (Wildman–Crippen MR) is 75.0 cm³/mol. The Morgan fingerprint density at radius 1 is 1.00 bits per heavy atom. The normalized spacial score (nSPS) is 8.35. The van der Waals surface area contributed by atoms with Crippen molar-refractivity contribution in [3.8, 4) is 0 Å². The summed E-state index contributed by atoms with van der Waals surface area (Å²) in [6.07, 6.45) is 2.96. The second kappa shape index (κ2) is 13.3. The quantitative estimate of drug-likeness (QED) is 0.625. The van der Waals surface area contributed by atoms with Gasteiger partial charge in [-0.25, -0.2) is 9.59 Å². The van der Waals surface area contributed by atoms with Crippen molar-refractivity contribution >= 4 is 11.9 Å². The number of hydrogen-bond acceptors (Lipinski definition) is 4. The first-order valence-electron chi connectivity index (χ1n) is 5.83. The van der Waals surface area contributed by atoms with Crippen LogP contribution in [-0.2, 0) is 0 Å². The van der Waals surface area contributed by atoms with Crippen molar-refractivity contribution in [1.82, 2.24) is 0 Å². The average Bonchev–Trinajstić information content (AvgIpc) is 2.47. The molecule has 0 aliphatic carbocycles. The van der Waals surface area contributed by atoms with Gasteiger partial charge in [0.25, 0.3) is 0 Å². The van der Waals surface area contributed by atoms with Crippen molar-refractivity contribution in [2.45, 2.75) is 13.3 Å². The fourth-order valence-corrected chi connectivity index (χ4v) is 0.755. The summed E-state index contributed by atoms with van der Waals surface area (Å²) in [5, 5.41) is 32.2. The molecule has 0 aromatic heterocycles. The van der Waals surface area contributed by atoms with Crippen LogP contribution in [-0.4, -0.2) is 45.6 Å². The predicted octanol–water partition coefficient (Wildman–Crippen LogP) is 1.64. The highest BCUT2D eigenvalue weighted by molar-refractivity contribution is 5.91. The van der Waals surface area contributed by atoms with E-state index in [0.717, 1.165) is 6.42 Å². The molecule has 6 heteroatoms. The number of hydrogen-bond donors (Lipinski definition) is 4. The van der Waals surface area contributed by atoms with Gasteiger partial charge in [0, 0.05) is 0 Å². The molecule has 0 saturated heterocycles. The highest BCUT2D eigenvalue weighted by Gasteiger charge is 2.04. The molecule has 1 rings (SSSR count). The summed E-state index contributed by atoms with van der Waals surface area (Å²) in [5.41, 5.74) is 0.167.